The number of carbonyl (C=O) groups excluding carboxylic acids is 1. The van der Waals surface area contributed by atoms with E-state index in [1.54, 1.807) is 23.1 Å². The molecule has 1 atom stereocenters. The van der Waals surface area contributed by atoms with Crippen LogP contribution in [0.2, 0.25) is 0 Å². The highest BCUT2D eigenvalue weighted by atomic mass is 32.2. The third-order valence-corrected chi connectivity index (χ3v) is 6.38. The fraction of sp³-hybridized carbons (Fsp3) is 0.211. The van der Waals surface area contributed by atoms with Crippen molar-refractivity contribution in [2.24, 2.45) is 0 Å². The molecule has 0 spiro atoms. The number of halogens is 1. The lowest BCUT2D eigenvalue weighted by molar-refractivity contribution is -0.130. The topological polar surface area (TPSA) is 54.5 Å². The Balaban J connectivity index is 1.72. The van der Waals surface area contributed by atoms with Gasteiger partial charge in [-0.25, -0.2) is 12.8 Å². The minimum absolute atomic E-state index is 0.0905. The first-order valence-corrected chi connectivity index (χ1v) is 10.8. The number of nitrogens with zero attached hydrogens (tertiary/aromatic N) is 1. The molecule has 0 fully saturated rings. The van der Waals surface area contributed by atoms with E-state index in [1.165, 1.54) is 29.3 Å². The Kier molecular flexibility index (Phi) is 5.78. The van der Waals surface area contributed by atoms with Crippen molar-refractivity contribution in [3.8, 4) is 0 Å². The molecular formula is C19H18FNO3S2. The van der Waals surface area contributed by atoms with Crippen LogP contribution in [-0.4, -0.2) is 36.8 Å². The molecule has 3 rings (SSSR count). The summed E-state index contributed by atoms with van der Waals surface area (Å²) in [5.41, 5.74) is 0.935. The average molecular weight is 391 g/mol. The van der Waals surface area contributed by atoms with Crippen LogP contribution in [-0.2, 0) is 21.2 Å². The van der Waals surface area contributed by atoms with E-state index < -0.39 is 15.9 Å². The van der Waals surface area contributed by atoms with Crippen LogP contribution >= 0.6 is 11.8 Å². The molecule has 0 saturated carbocycles. The van der Waals surface area contributed by atoms with Crippen LogP contribution in [0.5, 0.6) is 0 Å². The van der Waals surface area contributed by atoms with Crippen molar-refractivity contribution < 1.29 is 17.6 Å². The van der Waals surface area contributed by atoms with Crippen molar-refractivity contribution >= 4 is 27.5 Å². The summed E-state index contributed by atoms with van der Waals surface area (Å²) in [7, 11) is -3.26. The van der Waals surface area contributed by atoms with E-state index in [1.807, 2.05) is 30.3 Å². The molecule has 4 nitrogen and oxygen atoms in total. The first-order chi connectivity index (χ1) is 12.4. The predicted octanol–water partition coefficient (Wildman–Crippen LogP) is 3.26. The SMILES string of the molecule is O=C(CSc1ccc(F)cc1)N(Cc1ccccc1)[C@@H]1C=CS(=O)(=O)C1. The van der Waals surface area contributed by atoms with Crippen LogP contribution in [0.25, 0.3) is 0 Å². The lowest BCUT2D eigenvalue weighted by Gasteiger charge is -2.27. The highest BCUT2D eigenvalue weighted by molar-refractivity contribution is 8.00. The van der Waals surface area contributed by atoms with Crippen molar-refractivity contribution in [1.29, 1.82) is 0 Å². The predicted molar refractivity (Wildman–Crippen MR) is 101 cm³/mol. The number of rotatable bonds is 6. The minimum atomic E-state index is -3.26. The zero-order chi connectivity index (χ0) is 18.6. The lowest BCUT2D eigenvalue weighted by Crippen LogP contribution is -2.41. The van der Waals surface area contributed by atoms with Gasteiger partial charge in [0, 0.05) is 16.8 Å². The summed E-state index contributed by atoms with van der Waals surface area (Å²) >= 11 is 1.30. The molecule has 0 aromatic heterocycles. The largest absolute Gasteiger partial charge is 0.330 e. The third kappa shape index (κ3) is 4.95. The fourth-order valence-corrected chi connectivity index (χ4v) is 4.77. The van der Waals surface area contributed by atoms with Gasteiger partial charge in [0.1, 0.15) is 5.82 Å². The van der Waals surface area contributed by atoms with Gasteiger partial charge in [-0.05, 0) is 35.9 Å². The second-order valence-electron chi connectivity index (χ2n) is 5.98. The van der Waals surface area contributed by atoms with Crippen LogP contribution < -0.4 is 0 Å². The van der Waals surface area contributed by atoms with Gasteiger partial charge >= 0.3 is 0 Å². The minimum Gasteiger partial charge on any atom is -0.330 e. The molecule has 1 amide bonds. The molecule has 0 bridgehead atoms. The Morgan fingerprint density at radius 2 is 1.81 bits per heavy atom. The second kappa shape index (κ2) is 8.05. The van der Waals surface area contributed by atoms with Gasteiger partial charge in [0.25, 0.3) is 0 Å². The molecule has 0 radical (unpaired) electrons. The number of benzene rings is 2. The number of carbonyl (C=O) groups is 1. The highest BCUT2D eigenvalue weighted by Gasteiger charge is 2.30. The number of hydrogen-bond donors (Lipinski definition) is 0. The molecule has 0 aliphatic carbocycles. The number of sulfone groups is 1. The highest BCUT2D eigenvalue weighted by Crippen LogP contribution is 2.22. The van der Waals surface area contributed by atoms with Crippen molar-refractivity contribution in [2.45, 2.75) is 17.5 Å². The van der Waals surface area contributed by atoms with E-state index >= 15 is 0 Å². The molecule has 2 aromatic rings. The maximum atomic E-state index is 13.0. The zero-order valence-corrected chi connectivity index (χ0v) is 15.5. The molecule has 26 heavy (non-hydrogen) atoms. The van der Waals surface area contributed by atoms with Crippen molar-refractivity contribution in [2.75, 3.05) is 11.5 Å². The van der Waals surface area contributed by atoms with Crippen LogP contribution in [0.4, 0.5) is 4.39 Å². The molecule has 136 valence electrons. The normalized spacial score (nSPS) is 18.0. The number of hydrogen-bond acceptors (Lipinski definition) is 4. The molecule has 1 aliphatic rings. The standard InChI is InChI=1S/C19H18FNO3S2/c20-16-6-8-18(9-7-16)25-13-19(22)21(12-15-4-2-1-3-5-15)17-10-11-26(23,24)14-17/h1-11,17H,12-14H2/t17-/m1/s1. The van der Waals surface area contributed by atoms with Gasteiger partial charge in [0.2, 0.25) is 5.91 Å². The molecule has 0 N–H and O–H groups in total. The summed E-state index contributed by atoms with van der Waals surface area (Å²) in [6.07, 6.45) is 1.57. The Labute approximate surface area is 156 Å². The van der Waals surface area contributed by atoms with Crippen LogP contribution in [0.15, 0.2) is 71.0 Å². The zero-order valence-electron chi connectivity index (χ0n) is 13.9. The fourth-order valence-electron chi connectivity index (χ4n) is 2.68. The Hall–Kier alpha value is -2.12. The Bertz CT molecular complexity index is 896. The van der Waals surface area contributed by atoms with Gasteiger partial charge in [-0.2, -0.15) is 0 Å². The smallest absolute Gasteiger partial charge is 0.233 e. The molecule has 1 heterocycles. The molecular weight excluding hydrogens is 373 g/mol. The van der Waals surface area contributed by atoms with Gasteiger partial charge in [-0.3, -0.25) is 4.79 Å². The van der Waals surface area contributed by atoms with E-state index in [-0.39, 0.29) is 23.2 Å². The van der Waals surface area contributed by atoms with Crippen LogP contribution in [0.3, 0.4) is 0 Å². The van der Waals surface area contributed by atoms with Gasteiger partial charge in [-0.1, -0.05) is 30.3 Å². The summed E-state index contributed by atoms with van der Waals surface area (Å²) in [5.74, 6) is -0.419. The van der Waals surface area contributed by atoms with Gasteiger partial charge in [0.15, 0.2) is 9.84 Å². The molecule has 0 unspecified atom stereocenters. The third-order valence-electron chi connectivity index (χ3n) is 4.00. The quantitative estimate of drug-likeness (QED) is 0.710. The van der Waals surface area contributed by atoms with Crippen molar-refractivity contribution in [3.63, 3.8) is 0 Å². The van der Waals surface area contributed by atoms with Crippen LogP contribution in [0, 0.1) is 5.82 Å². The first-order valence-electron chi connectivity index (χ1n) is 8.06. The Morgan fingerprint density at radius 1 is 1.12 bits per heavy atom. The van der Waals surface area contributed by atoms with E-state index in [4.69, 9.17) is 0 Å². The summed E-state index contributed by atoms with van der Waals surface area (Å²) in [6, 6.07) is 14.9. The first kappa shape index (κ1) is 18.7. The summed E-state index contributed by atoms with van der Waals surface area (Å²) in [5, 5.41) is 1.18. The van der Waals surface area contributed by atoms with Gasteiger partial charge in [-0.15, -0.1) is 11.8 Å². The molecule has 2 aromatic carbocycles. The van der Waals surface area contributed by atoms with E-state index in [0.29, 0.717) is 6.54 Å². The second-order valence-corrected chi connectivity index (χ2v) is 8.96. The molecule has 7 heteroatoms. The average Bonchev–Trinajstić information content (AvgIpc) is 2.99. The van der Waals surface area contributed by atoms with Crippen LogP contribution in [0.1, 0.15) is 5.56 Å². The maximum absolute atomic E-state index is 13.0. The maximum Gasteiger partial charge on any atom is 0.233 e. The number of amides is 1. The monoisotopic (exact) mass is 391 g/mol. The van der Waals surface area contributed by atoms with E-state index in [9.17, 15) is 17.6 Å². The van der Waals surface area contributed by atoms with E-state index in [2.05, 4.69) is 0 Å². The summed E-state index contributed by atoms with van der Waals surface area (Å²) in [4.78, 5) is 15.2. The summed E-state index contributed by atoms with van der Waals surface area (Å²) in [6.45, 7) is 0.341. The lowest BCUT2D eigenvalue weighted by atomic mass is 10.2. The van der Waals surface area contributed by atoms with Gasteiger partial charge in [0.05, 0.1) is 17.5 Å². The van der Waals surface area contributed by atoms with Gasteiger partial charge < -0.3 is 4.90 Å². The molecule has 0 saturated heterocycles. The van der Waals surface area contributed by atoms with Crippen molar-refractivity contribution in [1.82, 2.24) is 4.90 Å². The van der Waals surface area contributed by atoms with Crippen molar-refractivity contribution in [3.05, 3.63) is 77.5 Å². The molecule has 1 aliphatic heterocycles. The Morgan fingerprint density at radius 3 is 2.42 bits per heavy atom. The van der Waals surface area contributed by atoms with E-state index in [0.717, 1.165) is 10.5 Å². The summed E-state index contributed by atoms with van der Waals surface area (Å²) < 4.78 is 36.5. The number of thioether (sulfide) groups is 1.